The van der Waals surface area contributed by atoms with E-state index >= 15 is 0 Å². The first kappa shape index (κ1) is 15.3. The summed E-state index contributed by atoms with van der Waals surface area (Å²) in [5.41, 5.74) is 0. The molecule has 1 heterocycles. The fourth-order valence-electron chi connectivity index (χ4n) is 3.72. The van der Waals surface area contributed by atoms with Crippen LogP contribution in [0.2, 0.25) is 0 Å². The van der Waals surface area contributed by atoms with Gasteiger partial charge in [-0.2, -0.15) is 0 Å². The van der Waals surface area contributed by atoms with E-state index in [1.807, 2.05) is 7.11 Å². The number of methoxy groups -OCH3 is 1. The van der Waals surface area contributed by atoms with Crippen molar-refractivity contribution < 1.29 is 4.74 Å². The molecule has 1 saturated heterocycles. The number of nitrogens with one attached hydrogen (secondary N) is 1. The molecule has 112 valence electrons. The quantitative estimate of drug-likeness (QED) is 0.848. The van der Waals surface area contributed by atoms with Crippen molar-refractivity contribution in [2.24, 2.45) is 5.92 Å². The van der Waals surface area contributed by atoms with Gasteiger partial charge < -0.3 is 10.1 Å². The van der Waals surface area contributed by atoms with Gasteiger partial charge in [0.1, 0.15) is 0 Å². The van der Waals surface area contributed by atoms with Crippen molar-refractivity contribution in [3.63, 3.8) is 0 Å². The molecule has 5 atom stereocenters. The Balaban J connectivity index is 1.96. The molecule has 5 unspecified atom stereocenters. The van der Waals surface area contributed by atoms with Gasteiger partial charge in [-0.15, -0.1) is 0 Å². The standard InChI is InChI=1S/C16H32N2O/c1-5-12(2)16-11-18(13(3)10-17-16)14-7-6-8-15(9-14)19-4/h12-17H,5-11H2,1-4H3. The third-order valence-corrected chi connectivity index (χ3v) is 5.38. The van der Waals surface area contributed by atoms with Gasteiger partial charge in [-0.3, -0.25) is 4.90 Å². The lowest BCUT2D eigenvalue weighted by atomic mass is 9.88. The van der Waals surface area contributed by atoms with Crippen molar-refractivity contribution in [3.8, 4) is 0 Å². The zero-order valence-electron chi connectivity index (χ0n) is 13.2. The monoisotopic (exact) mass is 268 g/mol. The lowest BCUT2D eigenvalue weighted by Crippen LogP contribution is -2.60. The van der Waals surface area contributed by atoms with E-state index in [1.54, 1.807) is 0 Å². The molecule has 0 spiro atoms. The summed E-state index contributed by atoms with van der Waals surface area (Å²) in [6, 6.07) is 2.08. The number of rotatable bonds is 4. The van der Waals surface area contributed by atoms with Gasteiger partial charge in [0.2, 0.25) is 0 Å². The minimum Gasteiger partial charge on any atom is -0.381 e. The third-order valence-electron chi connectivity index (χ3n) is 5.38. The van der Waals surface area contributed by atoms with Crippen molar-refractivity contribution in [2.45, 2.75) is 77.1 Å². The predicted molar refractivity (Wildman–Crippen MR) is 80.5 cm³/mol. The molecule has 0 radical (unpaired) electrons. The second kappa shape index (κ2) is 7.05. The van der Waals surface area contributed by atoms with E-state index < -0.39 is 0 Å². The third kappa shape index (κ3) is 3.71. The highest BCUT2D eigenvalue weighted by Gasteiger charge is 2.34. The van der Waals surface area contributed by atoms with Gasteiger partial charge in [0.25, 0.3) is 0 Å². The predicted octanol–water partition coefficient (Wildman–Crippen LogP) is 2.65. The molecule has 1 N–H and O–H groups in total. The molecule has 2 aliphatic rings. The Morgan fingerprint density at radius 1 is 1.37 bits per heavy atom. The number of ether oxygens (including phenoxy) is 1. The molecule has 1 saturated carbocycles. The van der Waals surface area contributed by atoms with Crippen LogP contribution < -0.4 is 5.32 Å². The first-order valence-corrected chi connectivity index (χ1v) is 8.17. The van der Waals surface area contributed by atoms with Crippen molar-refractivity contribution in [1.82, 2.24) is 10.2 Å². The van der Waals surface area contributed by atoms with E-state index in [0.29, 0.717) is 18.2 Å². The van der Waals surface area contributed by atoms with E-state index in [9.17, 15) is 0 Å². The van der Waals surface area contributed by atoms with Crippen LogP contribution in [0, 0.1) is 5.92 Å². The largest absolute Gasteiger partial charge is 0.381 e. The maximum Gasteiger partial charge on any atom is 0.0586 e. The topological polar surface area (TPSA) is 24.5 Å². The first-order valence-electron chi connectivity index (χ1n) is 8.17. The van der Waals surface area contributed by atoms with E-state index in [0.717, 1.165) is 18.5 Å². The van der Waals surface area contributed by atoms with Crippen LogP contribution in [-0.4, -0.2) is 49.3 Å². The van der Waals surface area contributed by atoms with Crippen LogP contribution in [0.15, 0.2) is 0 Å². The summed E-state index contributed by atoms with van der Waals surface area (Å²) in [4.78, 5) is 2.76. The molecule has 0 amide bonds. The van der Waals surface area contributed by atoms with E-state index in [4.69, 9.17) is 4.74 Å². The van der Waals surface area contributed by atoms with Crippen LogP contribution in [0.25, 0.3) is 0 Å². The van der Waals surface area contributed by atoms with Crippen LogP contribution in [0.1, 0.15) is 52.9 Å². The number of hydrogen-bond donors (Lipinski definition) is 1. The summed E-state index contributed by atoms with van der Waals surface area (Å²) in [5.74, 6) is 0.775. The van der Waals surface area contributed by atoms with Gasteiger partial charge in [0.15, 0.2) is 0 Å². The Hall–Kier alpha value is -0.120. The number of piperazine rings is 1. The summed E-state index contributed by atoms with van der Waals surface area (Å²) >= 11 is 0. The SMILES string of the molecule is CCC(C)C1CN(C2CCCC(OC)C2)C(C)CN1. The van der Waals surface area contributed by atoms with Crippen LogP contribution in [-0.2, 0) is 4.74 Å². The normalized spacial score (nSPS) is 39.2. The van der Waals surface area contributed by atoms with E-state index in [1.165, 1.54) is 38.6 Å². The highest BCUT2D eigenvalue weighted by atomic mass is 16.5. The first-order chi connectivity index (χ1) is 9.15. The molecular formula is C16H32N2O. The Labute approximate surface area is 119 Å². The zero-order chi connectivity index (χ0) is 13.8. The molecule has 1 aliphatic carbocycles. The van der Waals surface area contributed by atoms with E-state index in [-0.39, 0.29) is 0 Å². The Morgan fingerprint density at radius 2 is 2.16 bits per heavy atom. The van der Waals surface area contributed by atoms with Gasteiger partial charge in [0.05, 0.1) is 6.10 Å². The molecule has 0 bridgehead atoms. The Morgan fingerprint density at radius 3 is 2.84 bits per heavy atom. The summed E-state index contributed by atoms with van der Waals surface area (Å²) in [6.45, 7) is 9.41. The van der Waals surface area contributed by atoms with Gasteiger partial charge >= 0.3 is 0 Å². The fraction of sp³-hybridized carbons (Fsp3) is 1.00. The minimum absolute atomic E-state index is 0.489. The van der Waals surface area contributed by atoms with Crippen molar-refractivity contribution >= 4 is 0 Å². The molecule has 3 heteroatoms. The lowest BCUT2D eigenvalue weighted by molar-refractivity contribution is -0.000694. The average Bonchev–Trinajstić information content (AvgIpc) is 2.47. The minimum atomic E-state index is 0.489. The molecule has 3 nitrogen and oxygen atoms in total. The molecular weight excluding hydrogens is 236 g/mol. The van der Waals surface area contributed by atoms with Crippen molar-refractivity contribution in [1.29, 1.82) is 0 Å². The Bertz CT molecular complexity index is 269. The molecule has 0 aromatic rings. The van der Waals surface area contributed by atoms with Gasteiger partial charge in [-0.1, -0.05) is 20.3 Å². The van der Waals surface area contributed by atoms with Gasteiger partial charge in [-0.05, 0) is 38.5 Å². The second-order valence-electron chi connectivity index (χ2n) is 6.62. The maximum atomic E-state index is 5.60. The molecule has 2 fully saturated rings. The summed E-state index contributed by atoms with van der Waals surface area (Å²) < 4.78 is 5.60. The average molecular weight is 268 g/mol. The van der Waals surface area contributed by atoms with Crippen molar-refractivity contribution in [2.75, 3.05) is 20.2 Å². The fourth-order valence-corrected chi connectivity index (χ4v) is 3.72. The molecule has 2 rings (SSSR count). The highest BCUT2D eigenvalue weighted by Crippen LogP contribution is 2.28. The molecule has 0 aromatic heterocycles. The second-order valence-corrected chi connectivity index (χ2v) is 6.62. The highest BCUT2D eigenvalue weighted by molar-refractivity contribution is 4.92. The van der Waals surface area contributed by atoms with Gasteiger partial charge in [0, 0.05) is 38.3 Å². The van der Waals surface area contributed by atoms with Crippen molar-refractivity contribution in [3.05, 3.63) is 0 Å². The number of hydrogen-bond acceptors (Lipinski definition) is 3. The smallest absolute Gasteiger partial charge is 0.0586 e. The van der Waals surface area contributed by atoms with Crippen LogP contribution >= 0.6 is 0 Å². The van der Waals surface area contributed by atoms with Crippen LogP contribution in [0.4, 0.5) is 0 Å². The molecule has 0 aromatic carbocycles. The summed E-state index contributed by atoms with van der Waals surface area (Å²) in [7, 11) is 1.87. The zero-order valence-corrected chi connectivity index (χ0v) is 13.2. The maximum absolute atomic E-state index is 5.60. The van der Waals surface area contributed by atoms with E-state index in [2.05, 4.69) is 31.0 Å². The van der Waals surface area contributed by atoms with Crippen LogP contribution in [0.3, 0.4) is 0 Å². The summed E-state index contributed by atoms with van der Waals surface area (Å²) in [5, 5.41) is 3.74. The number of nitrogens with zero attached hydrogens (tertiary/aromatic N) is 1. The molecule has 19 heavy (non-hydrogen) atoms. The summed E-state index contributed by atoms with van der Waals surface area (Å²) in [6.07, 6.45) is 6.93. The lowest BCUT2D eigenvalue weighted by Gasteiger charge is -2.47. The van der Waals surface area contributed by atoms with Gasteiger partial charge in [-0.25, -0.2) is 0 Å². The Kier molecular flexibility index (Phi) is 5.67. The molecule has 1 aliphatic heterocycles. The van der Waals surface area contributed by atoms with Crippen LogP contribution in [0.5, 0.6) is 0 Å².